The van der Waals surface area contributed by atoms with Crippen molar-refractivity contribution in [3.8, 4) is 0 Å². The van der Waals surface area contributed by atoms with Crippen LogP contribution in [0.4, 0.5) is 10.1 Å². The number of hydrogen-bond donors (Lipinski definition) is 1. The Labute approximate surface area is 152 Å². The van der Waals surface area contributed by atoms with E-state index in [1.807, 2.05) is 19.1 Å². The Hall–Kier alpha value is -2.28. The number of rotatable bonds is 4. The van der Waals surface area contributed by atoms with Crippen molar-refractivity contribution in [2.45, 2.75) is 38.0 Å². The number of anilines is 1. The quantitative estimate of drug-likeness (QED) is 0.908. The first-order chi connectivity index (χ1) is 12.6. The molecule has 3 atom stereocenters. The lowest BCUT2D eigenvalue weighted by atomic mass is 10.2. The molecule has 6 nitrogen and oxygen atoms in total. The molecule has 2 aliphatic rings. The predicted octanol–water partition coefficient (Wildman–Crippen LogP) is 2.07. The Kier molecular flexibility index (Phi) is 4.72. The Morgan fingerprint density at radius 3 is 3.08 bits per heavy atom. The minimum absolute atomic E-state index is 0.00584. The van der Waals surface area contributed by atoms with Gasteiger partial charge in [-0.05, 0) is 31.5 Å². The molecule has 26 heavy (non-hydrogen) atoms. The molecule has 0 aromatic carbocycles. The molecule has 138 valence electrons. The summed E-state index contributed by atoms with van der Waals surface area (Å²) in [5.74, 6) is 0.0387. The first-order valence-corrected chi connectivity index (χ1v) is 9.21. The van der Waals surface area contributed by atoms with Gasteiger partial charge in [0.1, 0.15) is 6.17 Å². The molecule has 2 fully saturated rings. The monoisotopic (exact) mass is 357 g/mol. The van der Waals surface area contributed by atoms with Gasteiger partial charge in [0.25, 0.3) is 0 Å². The highest BCUT2D eigenvalue weighted by Crippen LogP contribution is 2.22. The minimum Gasteiger partial charge on any atom is -0.380 e. The summed E-state index contributed by atoms with van der Waals surface area (Å²) >= 11 is 0. The molecule has 0 unspecified atom stereocenters. The van der Waals surface area contributed by atoms with Gasteiger partial charge in [0, 0.05) is 43.2 Å². The Morgan fingerprint density at radius 2 is 2.27 bits per heavy atom. The molecule has 2 aliphatic heterocycles. The summed E-state index contributed by atoms with van der Waals surface area (Å²) < 4.78 is 13.5. The average Bonchev–Trinajstić information content (AvgIpc) is 3.20. The maximum absolute atomic E-state index is 13.5. The van der Waals surface area contributed by atoms with Crippen molar-refractivity contribution in [3.05, 3.63) is 30.6 Å². The highest BCUT2D eigenvalue weighted by Gasteiger charge is 2.34. The Morgan fingerprint density at radius 1 is 1.38 bits per heavy atom. The van der Waals surface area contributed by atoms with E-state index >= 15 is 0 Å². The zero-order chi connectivity index (χ0) is 18.1. The molecule has 4 heterocycles. The minimum atomic E-state index is -0.878. The number of alkyl halides is 1. The molecule has 0 saturated carbocycles. The standard InChI is InChI=1S/C19H24FN5O/c1-13-7-15(20)10-25(13)18(26)12-24-6-4-16(11-24)23-17-8-14-3-2-5-21-19(14)22-9-17/h2-3,5,8-9,13,15-16,23H,4,6-7,10-12H2,1H3/t13-,15+,16+/m1/s1. The summed E-state index contributed by atoms with van der Waals surface area (Å²) in [4.78, 5) is 24.9. The first-order valence-electron chi connectivity index (χ1n) is 9.21. The summed E-state index contributed by atoms with van der Waals surface area (Å²) in [6.07, 6.45) is 4.09. The Balaban J connectivity index is 1.32. The number of halogens is 1. The number of likely N-dealkylation sites (tertiary alicyclic amines) is 2. The first kappa shape index (κ1) is 17.1. The fraction of sp³-hybridized carbons (Fsp3) is 0.526. The third-order valence-electron chi connectivity index (χ3n) is 5.30. The average molecular weight is 357 g/mol. The van der Waals surface area contributed by atoms with Crippen molar-refractivity contribution in [2.75, 3.05) is 31.5 Å². The van der Waals surface area contributed by atoms with Crippen molar-refractivity contribution in [3.63, 3.8) is 0 Å². The van der Waals surface area contributed by atoms with Gasteiger partial charge in [-0.3, -0.25) is 9.69 Å². The maximum atomic E-state index is 13.5. The number of pyridine rings is 2. The summed E-state index contributed by atoms with van der Waals surface area (Å²) in [7, 11) is 0. The number of amides is 1. The number of nitrogens with one attached hydrogen (secondary N) is 1. The number of carbonyl (C=O) groups is 1. The molecule has 2 aromatic rings. The fourth-order valence-electron chi connectivity index (χ4n) is 3.97. The summed E-state index contributed by atoms with van der Waals surface area (Å²) in [6.45, 7) is 4.21. The van der Waals surface area contributed by atoms with Gasteiger partial charge in [-0.1, -0.05) is 0 Å². The fourth-order valence-corrected chi connectivity index (χ4v) is 3.97. The molecule has 4 rings (SSSR count). The molecule has 0 bridgehead atoms. The van der Waals surface area contributed by atoms with Crippen LogP contribution in [0.3, 0.4) is 0 Å². The van der Waals surface area contributed by atoms with Crippen molar-refractivity contribution < 1.29 is 9.18 Å². The maximum Gasteiger partial charge on any atom is 0.237 e. The van der Waals surface area contributed by atoms with Crippen LogP contribution >= 0.6 is 0 Å². The molecule has 1 N–H and O–H groups in total. The molecule has 0 aliphatic carbocycles. The van der Waals surface area contributed by atoms with Crippen LogP contribution in [0.1, 0.15) is 19.8 Å². The van der Waals surface area contributed by atoms with Crippen LogP contribution in [0.5, 0.6) is 0 Å². The van der Waals surface area contributed by atoms with Gasteiger partial charge >= 0.3 is 0 Å². The topological polar surface area (TPSA) is 61.4 Å². The smallest absolute Gasteiger partial charge is 0.237 e. The van der Waals surface area contributed by atoms with E-state index in [2.05, 4.69) is 26.3 Å². The van der Waals surface area contributed by atoms with E-state index in [0.29, 0.717) is 13.0 Å². The van der Waals surface area contributed by atoms with E-state index in [9.17, 15) is 9.18 Å². The molecule has 0 spiro atoms. The third-order valence-corrected chi connectivity index (χ3v) is 5.30. The van der Waals surface area contributed by atoms with E-state index in [0.717, 1.165) is 36.2 Å². The number of aromatic nitrogens is 2. The number of fused-ring (bicyclic) bond motifs is 1. The van der Waals surface area contributed by atoms with Crippen LogP contribution in [0.2, 0.25) is 0 Å². The number of carbonyl (C=O) groups excluding carboxylic acids is 1. The lowest BCUT2D eigenvalue weighted by Gasteiger charge is -2.24. The van der Waals surface area contributed by atoms with E-state index < -0.39 is 6.17 Å². The van der Waals surface area contributed by atoms with Crippen molar-refractivity contribution in [1.82, 2.24) is 19.8 Å². The lowest BCUT2D eigenvalue weighted by Crippen LogP contribution is -2.42. The van der Waals surface area contributed by atoms with Gasteiger partial charge < -0.3 is 10.2 Å². The zero-order valence-electron chi connectivity index (χ0n) is 14.9. The van der Waals surface area contributed by atoms with Crippen molar-refractivity contribution in [1.29, 1.82) is 0 Å². The number of nitrogens with zero attached hydrogens (tertiary/aromatic N) is 4. The van der Waals surface area contributed by atoms with Crippen LogP contribution < -0.4 is 5.32 Å². The molecule has 2 aromatic heterocycles. The summed E-state index contributed by atoms with van der Waals surface area (Å²) in [6, 6.07) is 6.24. The van der Waals surface area contributed by atoms with Crippen molar-refractivity contribution in [2.24, 2.45) is 0 Å². The lowest BCUT2D eigenvalue weighted by molar-refractivity contribution is -0.132. The second-order valence-electron chi connectivity index (χ2n) is 7.37. The molecular weight excluding hydrogens is 333 g/mol. The van der Waals surface area contributed by atoms with Crippen LogP contribution in [-0.4, -0.2) is 70.1 Å². The summed E-state index contributed by atoms with van der Waals surface area (Å²) in [5.41, 5.74) is 1.71. The second-order valence-corrected chi connectivity index (χ2v) is 7.37. The van der Waals surface area contributed by atoms with E-state index in [1.165, 1.54) is 0 Å². The highest BCUT2D eigenvalue weighted by molar-refractivity contribution is 5.79. The van der Waals surface area contributed by atoms with Crippen LogP contribution in [0, 0.1) is 0 Å². The molecule has 2 saturated heterocycles. The highest BCUT2D eigenvalue weighted by atomic mass is 19.1. The largest absolute Gasteiger partial charge is 0.380 e. The predicted molar refractivity (Wildman–Crippen MR) is 98.7 cm³/mol. The van der Waals surface area contributed by atoms with Crippen molar-refractivity contribution >= 4 is 22.6 Å². The summed E-state index contributed by atoms with van der Waals surface area (Å²) in [5, 5.41) is 4.51. The second kappa shape index (κ2) is 7.15. The molecule has 7 heteroatoms. The normalized spacial score (nSPS) is 26.5. The van der Waals surface area contributed by atoms with Gasteiger partial charge in [0.15, 0.2) is 5.65 Å². The van der Waals surface area contributed by atoms with Crippen LogP contribution in [-0.2, 0) is 4.79 Å². The van der Waals surface area contributed by atoms with Gasteiger partial charge in [-0.2, -0.15) is 0 Å². The zero-order valence-corrected chi connectivity index (χ0v) is 14.9. The Bertz CT molecular complexity index is 800. The molecule has 0 radical (unpaired) electrons. The molecule has 1 amide bonds. The third kappa shape index (κ3) is 3.62. The van der Waals surface area contributed by atoms with E-state index in [-0.39, 0.29) is 24.5 Å². The molecular formula is C19H24FN5O. The number of hydrogen-bond acceptors (Lipinski definition) is 5. The van der Waals surface area contributed by atoms with Crippen LogP contribution in [0.25, 0.3) is 11.0 Å². The van der Waals surface area contributed by atoms with Crippen LogP contribution in [0.15, 0.2) is 30.6 Å². The van der Waals surface area contributed by atoms with Gasteiger partial charge in [-0.15, -0.1) is 0 Å². The van der Waals surface area contributed by atoms with Gasteiger partial charge in [0.2, 0.25) is 5.91 Å². The SMILES string of the molecule is C[C@@H]1C[C@H](F)CN1C(=O)CN1CC[C@H](Nc2cnc3ncccc3c2)C1. The van der Waals surface area contributed by atoms with Gasteiger partial charge in [0.05, 0.1) is 25.0 Å². The van der Waals surface area contributed by atoms with E-state index in [1.54, 1.807) is 17.3 Å². The van der Waals surface area contributed by atoms with E-state index in [4.69, 9.17) is 0 Å². The van der Waals surface area contributed by atoms with Gasteiger partial charge in [-0.25, -0.2) is 14.4 Å².